The fourth-order valence-corrected chi connectivity index (χ4v) is 2.84. The van der Waals surface area contributed by atoms with Gasteiger partial charge >= 0.3 is 16.8 Å². The Balaban J connectivity index is 0.00000106. The van der Waals surface area contributed by atoms with Gasteiger partial charge in [-0.05, 0) is 22.7 Å². The molecule has 0 spiro atoms. The van der Waals surface area contributed by atoms with E-state index in [4.69, 9.17) is 31.4 Å². The zero-order chi connectivity index (χ0) is 20.6. The molecule has 0 saturated heterocycles. The van der Waals surface area contributed by atoms with Crippen LogP contribution < -0.4 is 0 Å². The number of nitrogens with zero attached hydrogens (tertiary/aromatic N) is 5. The van der Waals surface area contributed by atoms with Crippen molar-refractivity contribution in [2.75, 3.05) is 26.2 Å². The maximum absolute atomic E-state index is 8.00. The summed E-state index contributed by atoms with van der Waals surface area (Å²) < 4.78 is 0. The van der Waals surface area contributed by atoms with Gasteiger partial charge in [-0.1, -0.05) is 25.7 Å². The van der Waals surface area contributed by atoms with Gasteiger partial charge in [-0.25, -0.2) is 0 Å². The molecule has 2 aromatic carbocycles. The SMILES string of the molecule is O=N[O-].[Co+3].c1ccc2[c+](cc1)[N-]CCCC[N-]c1ccccc[c+]1[N-]CCCC[N-]2. The Morgan fingerprint density at radius 1 is 0.700 bits per heavy atom. The van der Waals surface area contributed by atoms with Crippen molar-refractivity contribution in [3.63, 3.8) is 0 Å². The maximum atomic E-state index is 8.00. The van der Waals surface area contributed by atoms with Crippen LogP contribution in [0.25, 0.3) is 21.3 Å². The van der Waals surface area contributed by atoms with Crippen molar-refractivity contribution in [3.8, 4) is 0 Å². The van der Waals surface area contributed by atoms with Crippen LogP contribution in [0.4, 0.5) is 22.7 Å². The molecular weight excluding hydrogens is 425 g/mol. The van der Waals surface area contributed by atoms with Crippen molar-refractivity contribution < 1.29 is 16.8 Å². The topological polar surface area (TPSA) is 109 Å². The second kappa shape index (κ2) is 16.1. The Bertz CT molecular complexity index is 645. The molecule has 0 unspecified atom stereocenters. The van der Waals surface area contributed by atoms with E-state index >= 15 is 0 Å². The van der Waals surface area contributed by atoms with E-state index in [0.717, 1.165) is 80.0 Å². The second-order valence-corrected chi connectivity index (χ2v) is 6.38. The summed E-state index contributed by atoms with van der Waals surface area (Å²) in [4.78, 5) is 8.00. The largest absolute Gasteiger partial charge is 3.00 e. The number of hydrogen-bond donors (Lipinski definition) is 0. The van der Waals surface area contributed by atoms with Gasteiger partial charge in [-0.15, -0.1) is 31.5 Å². The van der Waals surface area contributed by atoms with Crippen molar-refractivity contribution in [2.24, 2.45) is 5.34 Å². The Morgan fingerprint density at radius 2 is 1.10 bits per heavy atom. The third-order valence-corrected chi connectivity index (χ3v) is 4.25. The Kier molecular flexibility index (Phi) is 13.6. The average Bonchev–Trinajstić information content (AvgIpc) is 3.08. The molecule has 0 N–H and O–H groups in total. The minimum absolute atomic E-state index is 0. The first-order valence-electron chi connectivity index (χ1n) is 9.85. The molecule has 0 fully saturated rings. The van der Waals surface area contributed by atoms with Crippen LogP contribution in [0, 0.1) is 10.1 Å². The molecule has 8 heteroatoms. The van der Waals surface area contributed by atoms with Gasteiger partial charge in [0.25, 0.3) is 0 Å². The van der Waals surface area contributed by atoms with E-state index in [1.807, 2.05) is 36.4 Å². The minimum atomic E-state index is 0. The van der Waals surface area contributed by atoms with E-state index < -0.39 is 0 Å². The fourth-order valence-electron chi connectivity index (χ4n) is 2.84. The minimum Gasteiger partial charge on any atom is -0.662 e. The van der Waals surface area contributed by atoms with Crippen molar-refractivity contribution in [2.45, 2.75) is 25.7 Å². The third kappa shape index (κ3) is 9.66. The summed E-state index contributed by atoms with van der Waals surface area (Å²) in [6.07, 6.45) is 4.08. The van der Waals surface area contributed by atoms with Gasteiger partial charge in [-0.3, -0.25) is 0 Å². The average molecular weight is 451 g/mol. The Morgan fingerprint density at radius 3 is 1.53 bits per heavy atom. The van der Waals surface area contributed by atoms with E-state index in [0.29, 0.717) is 0 Å². The second-order valence-electron chi connectivity index (χ2n) is 6.38. The van der Waals surface area contributed by atoms with Crippen molar-refractivity contribution in [1.82, 2.24) is 0 Å². The molecule has 1 heterocycles. The molecule has 0 amide bonds. The quantitative estimate of drug-likeness (QED) is 0.231. The number of rotatable bonds is 0. The fraction of sp³-hybridized carbons (Fsp3) is 0.364. The molecule has 0 aliphatic carbocycles. The molecule has 7 nitrogen and oxygen atoms in total. The van der Waals surface area contributed by atoms with Crippen LogP contribution in [0.5, 0.6) is 0 Å². The van der Waals surface area contributed by atoms with Crippen molar-refractivity contribution in [1.29, 1.82) is 0 Å². The summed E-state index contributed by atoms with van der Waals surface area (Å²) in [6, 6.07) is 20.4. The third-order valence-electron chi connectivity index (χ3n) is 4.25. The molecule has 2 aromatic rings. The number of hydrogen-bond acceptors (Lipinski definition) is 3. The summed E-state index contributed by atoms with van der Waals surface area (Å²) in [6.45, 7) is 3.23. The summed E-state index contributed by atoms with van der Waals surface area (Å²) in [5.74, 6) is 0. The standard InChI is InChI=1S/C22H26N4.Co.HNO2/c1-3-11-19-20(12-4-1)24-16-8-10-18-26-22-14-6-2-5-13-21(22)25-17-9-7-15-23-19;;2-1-3/h1-6,11-14H,7-10,15-18H2;;(H,2,3)/q-2;+3;/p-1. The van der Waals surface area contributed by atoms with Gasteiger partial charge in [0.2, 0.25) is 0 Å². The summed E-state index contributed by atoms with van der Waals surface area (Å²) in [5.41, 5.74) is 3.95. The van der Waals surface area contributed by atoms with Gasteiger partial charge in [0.05, 0.1) is 0 Å². The summed E-state index contributed by atoms with van der Waals surface area (Å²) >= 11 is 0. The molecule has 0 atom stereocenters. The van der Waals surface area contributed by atoms with E-state index in [1.54, 1.807) is 0 Å². The van der Waals surface area contributed by atoms with Crippen LogP contribution in [0.1, 0.15) is 25.7 Å². The molecule has 160 valence electrons. The van der Waals surface area contributed by atoms with Crippen LogP contribution >= 0.6 is 0 Å². The molecule has 1 aliphatic rings. The van der Waals surface area contributed by atoms with E-state index in [-0.39, 0.29) is 16.8 Å². The Labute approximate surface area is 188 Å². The maximum Gasteiger partial charge on any atom is 3.00 e. The normalized spacial score (nSPS) is 14.0. The summed E-state index contributed by atoms with van der Waals surface area (Å²) in [5, 5.41) is 28.0. The smallest absolute Gasteiger partial charge is 0.662 e. The van der Waals surface area contributed by atoms with Gasteiger partial charge in [0, 0.05) is 60.7 Å². The van der Waals surface area contributed by atoms with E-state index in [2.05, 4.69) is 24.3 Å². The molecule has 0 aromatic heterocycles. The predicted octanol–water partition coefficient (Wildman–Crippen LogP) is 7.79. The molecule has 0 bridgehead atoms. The monoisotopic (exact) mass is 451 g/mol. The van der Waals surface area contributed by atoms with E-state index in [1.165, 1.54) is 0 Å². The molecule has 1 aliphatic heterocycles. The van der Waals surface area contributed by atoms with Gasteiger partial charge in [-0.2, -0.15) is 0 Å². The van der Waals surface area contributed by atoms with E-state index in [9.17, 15) is 0 Å². The zero-order valence-electron chi connectivity index (χ0n) is 16.8. The van der Waals surface area contributed by atoms with Crippen LogP contribution in [-0.2, 0) is 16.8 Å². The molecule has 3 rings (SSSR count). The first-order valence-corrected chi connectivity index (χ1v) is 9.85. The molecule has 0 radical (unpaired) electrons. The van der Waals surface area contributed by atoms with Crippen LogP contribution in [0.15, 0.2) is 66.0 Å². The Hall–Kier alpha value is -2.71. The van der Waals surface area contributed by atoms with Crippen LogP contribution in [0.3, 0.4) is 0 Å². The molecular formula is C22H26CoN5O2. The van der Waals surface area contributed by atoms with Gasteiger partial charge < -0.3 is 31.4 Å². The first-order chi connectivity index (χ1) is 14.3. The first kappa shape index (κ1) is 25.3. The van der Waals surface area contributed by atoms with Crippen LogP contribution in [-0.4, -0.2) is 26.2 Å². The molecule has 0 saturated carbocycles. The predicted molar refractivity (Wildman–Crippen MR) is 121 cm³/mol. The van der Waals surface area contributed by atoms with Gasteiger partial charge in [0.1, 0.15) is 0 Å². The van der Waals surface area contributed by atoms with Crippen molar-refractivity contribution in [3.05, 3.63) is 92.0 Å². The summed E-state index contributed by atoms with van der Waals surface area (Å²) in [7, 11) is 0. The zero-order valence-corrected chi connectivity index (χ0v) is 17.9. The number of fused-ring (bicyclic) bond motifs is 2. The van der Waals surface area contributed by atoms with Crippen molar-refractivity contribution >= 4 is 22.7 Å². The van der Waals surface area contributed by atoms with Gasteiger partial charge in [0.15, 0.2) is 0 Å². The molecule has 30 heavy (non-hydrogen) atoms. The van der Waals surface area contributed by atoms with Crippen LogP contribution in [0.2, 0.25) is 0 Å².